The van der Waals surface area contributed by atoms with Crippen molar-refractivity contribution in [2.45, 2.75) is 56.6 Å². The number of likely N-dealkylation sites (N-methyl/N-ethyl adjacent to an activating group) is 1. The zero-order valence-electron chi connectivity index (χ0n) is 12.6. The van der Waals surface area contributed by atoms with Crippen molar-refractivity contribution in [3.05, 3.63) is 35.6 Å². The number of rotatable bonds is 5. The summed E-state index contributed by atoms with van der Waals surface area (Å²) >= 11 is 0. The van der Waals surface area contributed by atoms with E-state index in [1.165, 1.54) is 31.7 Å². The largest absolute Gasteiger partial charge is 0.377 e. The number of halogens is 1. The van der Waals surface area contributed by atoms with Gasteiger partial charge in [-0.15, -0.1) is 0 Å². The Balaban J connectivity index is 2.18. The molecule has 2 rings (SSSR count). The Hall–Kier alpha value is -0.930. The first-order chi connectivity index (χ1) is 9.72. The van der Waals surface area contributed by atoms with E-state index in [-0.39, 0.29) is 17.5 Å². The zero-order chi connectivity index (χ0) is 14.4. The van der Waals surface area contributed by atoms with Crippen LogP contribution in [0.1, 0.15) is 44.1 Å². The maximum atomic E-state index is 13.9. The lowest BCUT2D eigenvalue weighted by molar-refractivity contribution is -0.0510. The molecule has 112 valence electrons. The Morgan fingerprint density at radius 3 is 2.40 bits per heavy atom. The number of hydrogen-bond donors (Lipinski definition) is 1. The summed E-state index contributed by atoms with van der Waals surface area (Å²) in [5, 5.41) is 3.38. The molecule has 1 aromatic carbocycles. The van der Waals surface area contributed by atoms with Crippen molar-refractivity contribution in [1.29, 1.82) is 0 Å². The lowest BCUT2D eigenvalue weighted by Gasteiger charge is -2.39. The fourth-order valence-electron chi connectivity index (χ4n) is 3.46. The Morgan fingerprint density at radius 2 is 1.85 bits per heavy atom. The Kier molecular flexibility index (Phi) is 5.55. The molecule has 0 radical (unpaired) electrons. The SMILES string of the molecule is CNC(Cc1ccccc1F)C1(OC)CCCCCC1. The third-order valence-electron chi connectivity index (χ3n) is 4.72. The first-order valence-electron chi connectivity index (χ1n) is 7.67. The van der Waals surface area contributed by atoms with Crippen LogP contribution in [-0.4, -0.2) is 25.8 Å². The van der Waals surface area contributed by atoms with Crippen LogP contribution >= 0.6 is 0 Å². The van der Waals surface area contributed by atoms with Gasteiger partial charge in [0.1, 0.15) is 5.82 Å². The second-order valence-corrected chi connectivity index (χ2v) is 5.82. The molecule has 1 N–H and O–H groups in total. The van der Waals surface area contributed by atoms with Crippen LogP contribution in [0.3, 0.4) is 0 Å². The van der Waals surface area contributed by atoms with E-state index in [0.29, 0.717) is 6.42 Å². The van der Waals surface area contributed by atoms with Crippen molar-refractivity contribution in [2.75, 3.05) is 14.2 Å². The van der Waals surface area contributed by atoms with Crippen molar-refractivity contribution in [2.24, 2.45) is 0 Å². The fraction of sp³-hybridized carbons (Fsp3) is 0.647. The summed E-state index contributed by atoms with van der Waals surface area (Å²) in [4.78, 5) is 0. The highest BCUT2D eigenvalue weighted by atomic mass is 19.1. The molecule has 0 spiro atoms. The average Bonchev–Trinajstić information content (AvgIpc) is 2.73. The van der Waals surface area contributed by atoms with Crippen LogP contribution < -0.4 is 5.32 Å². The van der Waals surface area contributed by atoms with E-state index >= 15 is 0 Å². The molecule has 1 aromatic rings. The summed E-state index contributed by atoms with van der Waals surface area (Å²) in [5.41, 5.74) is 0.612. The molecule has 2 nitrogen and oxygen atoms in total. The molecule has 0 saturated heterocycles. The van der Waals surface area contributed by atoms with E-state index in [9.17, 15) is 4.39 Å². The minimum Gasteiger partial charge on any atom is -0.377 e. The van der Waals surface area contributed by atoms with Crippen molar-refractivity contribution < 1.29 is 9.13 Å². The van der Waals surface area contributed by atoms with E-state index in [1.807, 2.05) is 19.2 Å². The summed E-state index contributed by atoms with van der Waals surface area (Å²) in [5.74, 6) is -0.118. The normalized spacial score (nSPS) is 20.4. The highest BCUT2D eigenvalue weighted by Gasteiger charge is 2.38. The van der Waals surface area contributed by atoms with Gasteiger partial charge in [0.2, 0.25) is 0 Å². The highest BCUT2D eigenvalue weighted by Crippen LogP contribution is 2.34. The van der Waals surface area contributed by atoms with Crippen LogP contribution in [0.4, 0.5) is 4.39 Å². The maximum absolute atomic E-state index is 13.9. The van der Waals surface area contributed by atoms with Gasteiger partial charge in [-0.2, -0.15) is 0 Å². The van der Waals surface area contributed by atoms with Crippen molar-refractivity contribution in [3.8, 4) is 0 Å². The minimum absolute atomic E-state index is 0.118. The Morgan fingerprint density at radius 1 is 1.20 bits per heavy atom. The molecular weight excluding hydrogens is 253 g/mol. The molecule has 1 aliphatic rings. The van der Waals surface area contributed by atoms with E-state index in [4.69, 9.17) is 4.74 Å². The van der Waals surface area contributed by atoms with Crippen LogP contribution in [0.25, 0.3) is 0 Å². The molecule has 0 bridgehead atoms. The van der Waals surface area contributed by atoms with Gasteiger partial charge in [0.25, 0.3) is 0 Å². The van der Waals surface area contributed by atoms with Crippen LogP contribution in [0.15, 0.2) is 24.3 Å². The van der Waals surface area contributed by atoms with E-state index in [1.54, 1.807) is 13.2 Å². The molecule has 1 unspecified atom stereocenters. The van der Waals surface area contributed by atoms with Crippen molar-refractivity contribution in [1.82, 2.24) is 5.32 Å². The molecule has 0 aliphatic heterocycles. The number of benzene rings is 1. The van der Waals surface area contributed by atoms with Crippen LogP contribution in [-0.2, 0) is 11.2 Å². The topological polar surface area (TPSA) is 21.3 Å². The second-order valence-electron chi connectivity index (χ2n) is 5.82. The number of ether oxygens (including phenoxy) is 1. The lowest BCUT2D eigenvalue weighted by atomic mass is 9.82. The lowest BCUT2D eigenvalue weighted by Crippen LogP contribution is -2.52. The van der Waals surface area contributed by atoms with Gasteiger partial charge in [-0.25, -0.2) is 4.39 Å². The number of hydrogen-bond acceptors (Lipinski definition) is 2. The van der Waals surface area contributed by atoms with Crippen LogP contribution in [0.5, 0.6) is 0 Å². The number of methoxy groups -OCH3 is 1. The second kappa shape index (κ2) is 7.19. The van der Waals surface area contributed by atoms with Gasteiger partial charge < -0.3 is 10.1 Å². The average molecular weight is 279 g/mol. The zero-order valence-corrected chi connectivity index (χ0v) is 12.6. The van der Waals surface area contributed by atoms with Gasteiger partial charge in [-0.3, -0.25) is 0 Å². The predicted molar refractivity (Wildman–Crippen MR) is 80.4 cm³/mol. The molecule has 1 saturated carbocycles. The van der Waals surface area contributed by atoms with Crippen LogP contribution in [0.2, 0.25) is 0 Å². The Bertz CT molecular complexity index is 413. The molecule has 0 heterocycles. The van der Waals surface area contributed by atoms with Gasteiger partial charge in [0, 0.05) is 13.2 Å². The molecule has 20 heavy (non-hydrogen) atoms. The summed E-state index contributed by atoms with van der Waals surface area (Å²) in [7, 11) is 3.76. The molecule has 1 fully saturated rings. The van der Waals surface area contributed by atoms with E-state index in [2.05, 4.69) is 5.32 Å². The van der Waals surface area contributed by atoms with Gasteiger partial charge in [-0.1, -0.05) is 43.9 Å². The van der Waals surface area contributed by atoms with Gasteiger partial charge in [-0.05, 0) is 37.9 Å². The molecule has 0 aromatic heterocycles. The van der Waals surface area contributed by atoms with Gasteiger partial charge in [0.15, 0.2) is 0 Å². The minimum atomic E-state index is -0.159. The van der Waals surface area contributed by atoms with Crippen LogP contribution in [0, 0.1) is 5.82 Å². The molecular formula is C17H26FNO. The van der Waals surface area contributed by atoms with Gasteiger partial charge >= 0.3 is 0 Å². The van der Waals surface area contributed by atoms with Crippen molar-refractivity contribution in [3.63, 3.8) is 0 Å². The van der Waals surface area contributed by atoms with E-state index < -0.39 is 0 Å². The van der Waals surface area contributed by atoms with Gasteiger partial charge in [0.05, 0.1) is 5.60 Å². The third-order valence-corrected chi connectivity index (χ3v) is 4.72. The monoisotopic (exact) mass is 279 g/mol. The standard InChI is InChI=1S/C17H26FNO/c1-19-16(13-14-9-5-6-10-15(14)18)17(20-2)11-7-3-4-8-12-17/h5-6,9-10,16,19H,3-4,7-8,11-13H2,1-2H3. The molecule has 1 atom stereocenters. The first kappa shape index (κ1) is 15.5. The fourth-order valence-corrected chi connectivity index (χ4v) is 3.46. The number of nitrogens with one attached hydrogen (secondary N) is 1. The Labute approximate surface area is 121 Å². The summed E-state index contributed by atoms with van der Waals surface area (Å²) in [6, 6.07) is 7.21. The smallest absolute Gasteiger partial charge is 0.126 e. The molecule has 1 aliphatic carbocycles. The summed E-state index contributed by atoms with van der Waals surface area (Å²) in [6.07, 6.45) is 7.75. The predicted octanol–water partition coefficient (Wildman–Crippen LogP) is 3.70. The summed E-state index contributed by atoms with van der Waals surface area (Å²) in [6.45, 7) is 0. The first-order valence-corrected chi connectivity index (χ1v) is 7.67. The highest BCUT2D eigenvalue weighted by molar-refractivity contribution is 5.19. The van der Waals surface area contributed by atoms with E-state index in [0.717, 1.165) is 18.4 Å². The molecule has 3 heteroatoms. The summed E-state index contributed by atoms with van der Waals surface area (Å²) < 4.78 is 19.8. The molecule has 0 amide bonds. The quantitative estimate of drug-likeness (QED) is 0.830. The third kappa shape index (κ3) is 3.39. The maximum Gasteiger partial charge on any atom is 0.126 e. The van der Waals surface area contributed by atoms with Crippen molar-refractivity contribution >= 4 is 0 Å².